The van der Waals surface area contributed by atoms with Crippen molar-refractivity contribution in [3.05, 3.63) is 0 Å². The van der Waals surface area contributed by atoms with E-state index in [-0.39, 0.29) is 6.42 Å². The number of carbonyl (C=O) groups is 3. The number of carboxylic acids is 2. The smallest absolute Gasteiger partial charge is 0.356 e. The molecule has 0 amide bonds. The van der Waals surface area contributed by atoms with Crippen molar-refractivity contribution in [1.82, 2.24) is 0 Å². The van der Waals surface area contributed by atoms with Crippen molar-refractivity contribution >= 4 is 17.9 Å². The van der Waals surface area contributed by atoms with Crippen LogP contribution in [0.15, 0.2) is 0 Å². The van der Waals surface area contributed by atoms with E-state index in [4.69, 9.17) is 10.2 Å². The van der Waals surface area contributed by atoms with E-state index in [0.717, 1.165) is 19.3 Å². The van der Waals surface area contributed by atoms with Crippen LogP contribution >= 0.6 is 0 Å². The monoisotopic (exact) mass is 274 g/mol. The molecule has 0 saturated heterocycles. The maximum absolute atomic E-state index is 11.2. The van der Waals surface area contributed by atoms with Crippen LogP contribution in [0.5, 0.6) is 0 Å². The Morgan fingerprint density at radius 1 is 0.895 bits per heavy atom. The Morgan fingerprint density at radius 3 is 1.84 bits per heavy atom. The first-order valence-electron chi connectivity index (χ1n) is 6.64. The summed E-state index contributed by atoms with van der Waals surface area (Å²) in [7, 11) is 0. The highest BCUT2D eigenvalue weighted by atomic mass is 16.6. The molecule has 0 spiro atoms. The number of ether oxygens (including phenoxy) is 1. The molecule has 0 aliphatic heterocycles. The van der Waals surface area contributed by atoms with E-state index in [1.807, 2.05) is 0 Å². The lowest BCUT2D eigenvalue weighted by molar-refractivity contribution is -0.174. The molecule has 0 aromatic carbocycles. The van der Waals surface area contributed by atoms with Crippen molar-refractivity contribution in [2.45, 2.75) is 64.4 Å². The third-order valence-electron chi connectivity index (χ3n) is 2.68. The molecule has 0 radical (unpaired) electrons. The predicted octanol–water partition coefficient (Wildman–Crippen LogP) is 2.21. The number of unbranched alkanes of at least 4 members (excludes halogenated alkanes) is 6. The minimum absolute atomic E-state index is 0.0604. The molecule has 0 saturated carbocycles. The summed E-state index contributed by atoms with van der Waals surface area (Å²) >= 11 is 0. The van der Waals surface area contributed by atoms with Gasteiger partial charge in [-0.15, -0.1) is 0 Å². The Kier molecular flexibility index (Phi) is 9.48. The van der Waals surface area contributed by atoms with Gasteiger partial charge < -0.3 is 14.9 Å². The number of hydrogen-bond donors (Lipinski definition) is 2. The lowest BCUT2D eigenvalue weighted by Gasteiger charge is -2.09. The van der Waals surface area contributed by atoms with Crippen LogP contribution in [-0.2, 0) is 19.1 Å². The molecule has 110 valence electrons. The summed E-state index contributed by atoms with van der Waals surface area (Å²) < 4.78 is 4.38. The Balaban J connectivity index is 3.69. The molecule has 0 aliphatic rings. The highest BCUT2D eigenvalue weighted by Gasteiger charge is 2.29. The number of rotatable bonds is 11. The second kappa shape index (κ2) is 10.3. The first-order chi connectivity index (χ1) is 8.99. The molecule has 0 unspecified atom stereocenters. The molecule has 6 nitrogen and oxygen atoms in total. The molecule has 0 heterocycles. The van der Waals surface area contributed by atoms with Crippen molar-refractivity contribution in [3.8, 4) is 0 Å². The van der Waals surface area contributed by atoms with Crippen LogP contribution in [0.3, 0.4) is 0 Å². The molecule has 19 heavy (non-hydrogen) atoms. The number of aliphatic carboxylic acids is 2. The molecule has 2 N–H and O–H groups in total. The summed E-state index contributed by atoms with van der Waals surface area (Å²) in [5.41, 5.74) is 0. The maximum Gasteiger partial charge on any atom is 0.356 e. The average Bonchev–Trinajstić information content (AvgIpc) is 2.34. The predicted molar refractivity (Wildman–Crippen MR) is 67.8 cm³/mol. The average molecular weight is 274 g/mol. The fourth-order valence-electron chi connectivity index (χ4n) is 1.62. The van der Waals surface area contributed by atoms with Gasteiger partial charge in [0.1, 0.15) is 0 Å². The van der Waals surface area contributed by atoms with Gasteiger partial charge in [0.25, 0.3) is 6.10 Å². The van der Waals surface area contributed by atoms with Gasteiger partial charge in [0, 0.05) is 6.42 Å². The van der Waals surface area contributed by atoms with E-state index in [1.54, 1.807) is 0 Å². The van der Waals surface area contributed by atoms with Crippen molar-refractivity contribution in [2.24, 2.45) is 0 Å². The molecule has 0 aliphatic carbocycles. The summed E-state index contributed by atoms with van der Waals surface area (Å²) in [6.45, 7) is 2.14. The van der Waals surface area contributed by atoms with E-state index in [9.17, 15) is 14.4 Å². The lowest BCUT2D eigenvalue weighted by Crippen LogP contribution is -2.34. The molecule has 0 aromatic heterocycles. The van der Waals surface area contributed by atoms with Crippen LogP contribution in [0.2, 0.25) is 0 Å². The van der Waals surface area contributed by atoms with E-state index >= 15 is 0 Å². The highest BCUT2D eigenvalue weighted by molar-refractivity contribution is 5.97. The SMILES string of the molecule is CCCCCCCCCC(=O)OC(C(=O)O)C(=O)O. The van der Waals surface area contributed by atoms with Gasteiger partial charge in [-0.3, -0.25) is 4.79 Å². The van der Waals surface area contributed by atoms with Gasteiger partial charge in [-0.05, 0) is 6.42 Å². The molecular weight excluding hydrogens is 252 g/mol. The van der Waals surface area contributed by atoms with Crippen molar-refractivity contribution < 1.29 is 29.3 Å². The first kappa shape index (κ1) is 17.4. The lowest BCUT2D eigenvalue weighted by atomic mass is 10.1. The molecule has 0 rings (SSSR count). The summed E-state index contributed by atoms with van der Waals surface area (Å²) in [5, 5.41) is 17.1. The van der Waals surface area contributed by atoms with Gasteiger partial charge in [0.15, 0.2) is 0 Å². The maximum atomic E-state index is 11.2. The third-order valence-corrected chi connectivity index (χ3v) is 2.68. The fourth-order valence-corrected chi connectivity index (χ4v) is 1.62. The minimum Gasteiger partial charge on any atom is -0.478 e. The first-order valence-corrected chi connectivity index (χ1v) is 6.64. The van der Waals surface area contributed by atoms with Crippen LogP contribution in [0.25, 0.3) is 0 Å². The zero-order chi connectivity index (χ0) is 14.7. The Morgan fingerprint density at radius 2 is 1.37 bits per heavy atom. The molecule has 6 heteroatoms. The Hall–Kier alpha value is -1.59. The van der Waals surface area contributed by atoms with E-state index in [1.165, 1.54) is 19.3 Å². The number of esters is 1. The largest absolute Gasteiger partial charge is 0.478 e. The van der Waals surface area contributed by atoms with Crippen LogP contribution < -0.4 is 0 Å². The molecule has 0 fully saturated rings. The Bertz CT molecular complexity index is 286. The van der Waals surface area contributed by atoms with Crippen LogP contribution in [0.4, 0.5) is 0 Å². The summed E-state index contributed by atoms with van der Waals surface area (Å²) in [6.07, 6.45) is 5.13. The second-order valence-electron chi connectivity index (χ2n) is 4.42. The van der Waals surface area contributed by atoms with Crippen molar-refractivity contribution in [2.75, 3.05) is 0 Å². The standard InChI is InChI=1S/C13H22O6/c1-2-3-4-5-6-7-8-9-10(14)19-11(12(15)16)13(17)18/h11H,2-9H2,1H3,(H,15,16)(H,17,18). The molecule has 0 bridgehead atoms. The quantitative estimate of drug-likeness (QED) is 0.340. The summed E-state index contributed by atoms with van der Waals surface area (Å²) in [4.78, 5) is 32.2. The molecule has 0 atom stereocenters. The van der Waals surface area contributed by atoms with Gasteiger partial charge in [-0.1, -0.05) is 45.4 Å². The molecular formula is C13H22O6. The molecule has 0 aromatic rings. The minimum atomic E-state index is -2.10. The van der Waals surface area contributed by atoms with Crippen LogP contribution in [-0.4, -0.2) is 34.2 Å². The summed E-state index contributed by atoms with van der Waals surface area (Å²) in [5.74, 6) is -4.11. The second-order valence-corrected chi connectivity index (χ2v) is 4.42. The zero-order valence-electron chi connectivity index (χ0n) is 11.3. The number of carbonyl (C=O) groups excluding carboxylic acids is 1. The number of carboxylic acid groups (broad SMARTS) is 2. The zero-order valence-corrected chi connectivity index (χ0v) is 11.3. The van der Waals surface area contributed by atoms with Crippen molar-refractivity contribution in [1.29, 1.82) is 0 Å². The van der Waals surface area contributed by atoms with Gasteiger partial charge >= 0.3 is 17.9 Å². The van der Waals surface area contributed by atoms with E-state index in [2.05, 4.69) is 11.7 Å². The third kappa shape index (κ3) is 9.04. The van der Waals surface area contributed by atoms with Crippen LogP contribution in [0, 0.1) is 0 Å². The van der Waals surface area contributed by atoms with Gasteiger partial charge in [-0.2, -0.15) is 0 Å². The number of hydrogen-bond acceptors (Lipinski definition) is 4. The summed E-state index contributed by atoms with van der Waals surface area (Å²) in [6, 6.07) is 0. The fraction of sp³-hybridized carbons (Fsp3) is 0.769. The van der Waals surface area contributed by atoms with Gasteiger partial charge in [-0.25, -0.2) is 9.59 Å². The highest BCUT2D eigenvalue weighted by Crippen LogP contribution is 2.09. The Labute approximate surface area is 112 Å². The van der Waals surface area contributed by atoms with Crippen LogP contribution in [0.1, 0.15) is 58.3 Å². The van der Waals surface area contributed by atoms with Gasteiger partial charge in [0.05, 0.1) is 0 Å². The van der Waals surface area contributed by atoms with E-state index < -0.39 is 24.0 Å². The normalized spacial score (nSPS) is 10.4. The van der Waals surface area contributed by atoms with Gasteiger partial charge in [0.2, 0.25) is 0 Å². The van der Waals surface area contributed by atoms with E-state index in [0.29, 0.717) is 6.42 Å². The van der Waals surface area contributed by atoms with Crippen molar-refractivity contribution in [3.63, 3.8) is 0 Å². The topological polar surface area (TPSA) is 101 Å².